The molecule has 0 aliphatic heterocycles. The second-order valence-corrected chi connectivity index (χ2v) is 3.99. The van der Waals surface area contributed by atoms with Crippen LogP contribution in [0.5, 0.6) is 0 Å². The van der Waals surface area contributed by atoms with Crippen molar-refractivity contribution in [3.63, 3.8) is 0 Å². The number of rotatable bonds is 4. The Morgan fingerprint density at radius 1 is 1.38 bits per heavy atom. The molecule has 0 bridgehead atoms. The molecule has 0 saturated carbocycles. The van der Waals surface area contributed by atoms with Gasteiger partial charge in [-0.2, -0.15) is 0 Å². The van der Waals surface area contributed by atoms with E-state index < -0.39 is 0 Å². The van der Waals surface area contributed by atoms with Crippen LogP contribution in [-0.4, -0.2) is 11.7 Å². The summed E-state index contributed by atoms with van der Waals surface area (Å²) in [7, 11) is 0. The third-order valence-corrected chi connectivity index (χ3v) is 3.04. The van der Waals surface area contributed by atoms with Gasteiger partial charge < -0.3 is 5.11 Å². The lowest BCUT2D eigenvalue weighted by Crippen LogP contribution is -2.00. The number of halogens is 1. The largest absolute Gasteiger partial charge is 0.396 e. The molecule has 0 amide bonds. The molecule has 0 fully saturated rings. The first-order valence-corrected chi connectivity index (χ1v) is 5.44. The van der Waals surface area contributed by atoms with Gasteiger partial charge in [-0.25, -0.2) is 0 Å². The van der Waals surface area contributed by atoms with Crippen molar-refractivity contribution in [2.24, 2.45) is 0 Å². The van der Waals surface area contributed by atoms with Gasteiger partial charge in [-0.15, -0.1) is 0 Å². The summed E-state index contributed by atoms with van der Waals surface area (Å²) in [6.45, 7) is 2.42. The highest BCUT2D eigenvalue weighted by molar-refractivity contribution is 9.10. The average Bonchev–Trinajstić information content (AvgIpc) is 2.16. The van der Waals surface area contributed by atoms with E-state index in [0.717, 1.165) is 17.3 Å². The molecule has 0 aromatic heterocycles. The smallest absolute Gasteiger partial charge is 0.0436 e. The van der Waals surface area contributed by atoms with Crippen molar-refractivity contribution in [2.75, 3.05) is 6.61 Å². The topological polar surface area (TPSA) is 20.2 Å². The molecule has 0 aliphatic rings. The lowest BCUT2D eigenvalue weighted by molar-refractivity contribution is 0.274. The molecule has 0 spiro atoms. The van der Waals surface area contributed by atoms with E-state index in [0.29, 0.717) is 5.92 Å². The molecular formula is C11H15BrO. The van der Waals surface area contributed by atoms with Gasteiger partial charge in [0.15, 0.2) is 0 Å². The summed E-state index contributed by atoms with van der Waals surface area (Å²) in [5.41, 5.74) is 1.30. The maximum Gasteiger partial charge on any atom is 0.0436 e. The summed E-state index contributed by atoms with van der Waals surface area (Å²) in [5.74, 6) is 0.473. The van der Waals surface area contributed by atoms with Crippen molar-refractivity contribution in [2.45, 2.75) is 25.7 Å². The maximum atomic E-state index is 8.90. The Hall–Kier alpha value is -0.340. The highest BCUT2D eigenvalue weighted by Gasteiger charge is 2.10. The highest BCUT2D eigenvalue weighted by atomic mass is 79.9. The quantitative estimate of drug-likeness (QED) is 0.859. The minimum atomic E-state index is 0.264. The molecule has 1 rings (SSSR count). The fraction of sp³-hybridized carbons (Fsp3) is 0.455. The number of benzene rings is 1. The first-order chi connectivity index (χ1) is 6.29. The van der Waals surface area contributed by atoms with Gasteiger partial charge >= 0.3 is 0 Å². The SMILES string of the molecule is CCC(CCO)c1ccccc1Br. The monoisotopic (exact) mass is 242 g/mol. The Kier molecular flexibility index (Phi) is 4.46. The van der Waals surface area contributed by atoms with E-state index in [9.17, 15) is 0 Å². The molecule has 0 saturated heterocycles. The molecule has 1 unspecified atom stereocenters. The van der Waals surface area contributed by atoms with Crippen LogP contribution in [0.25, 0.3) is 0 Å². The predicted molar refractivity (Wildman–Crippen MR) is 58.9 cm³/mol. The minimum absolute atomic E-state index is 0.264. The Morgan fingerprint density at radius 2 is 2.08 bits per heavy atom. The van der Waals surface area contributed by atoms with E-state index in [1.54, 1.807) is 0 Å². The summed E-state index contributed by atoms with van der Waals surface area (Å²) < 4.78 is 1.15. The molecule has 2 heteroatoms. The van der Waals surface area contributed by atoms with Crippen LogP contribution in [0.15, 0.2) is 28.7 Å². The third kappa shape index (κ3) is 2.82. The zero-order valence-electron chi connectivity index (χ0n) is 7.83. The van der Waals surface area contributed by atoms with Gasteiger partial charge in [-0.3, -0.25) is 0 Å². The predicted octanol–water partition coefficient (Wildman–Crippen LogP) is 3.33. The van der Waals surface area contributed by atoms with Gasteiger partial charge in [-0.1, -0.05) is 41.1 Å². The van der Waals surface area contributed by atoms with Crippen molar-refractivity contribution in [1.82, 2.24) is 0 Å². The molecule has 1 N–H and O–H groups in total. The van der Waals surface area contributed by atoms with Gasteiger partial charge in [0.05, 0.1) is 0 Å². The third-order valence-electron chi connectivity index (χ3n) is 2.32. The van der Waals surface area contributed by atoms with Crippen LogP contribution in [0.4, 0.5) is 0 Å². The van der Waals surface area contributed by atoms with Crippen LogP contribution < -0.4 is 0 Å². The highest BCUT2D eigenvalue weighted by Crippen LogP contribution is 2.29. The molecule has 13 heavy (non-hydrogen) atoms. The van der Waals surface area contributed by atoms with Crippen molar-refractivity contribution in [3.8, 4) is 0 Å². The number of hydrogen-bond acceptors (Lipinski definition) is 1. The number of aliphatic hydroxyl groups excluding tert-OH is 1. The van der Waals surface area contributed by atoms with Crippen LogP contribution in [0.3, 0.4) is 0 Å². The van der Waals surface area contributed by atoms with Gasteiger partial charge in [0.1, 0.15) is 0 Å². The molecule has 0 aliphatic carbocycles. The minimum Gasteiger partial charge on any atom is -0.396 e. The van der Waals surface area contributed by atoms with Gasteiger partial charge in [0, 0.05) is 11.1 Å². The Labute approximate surface area is 87.9 Å². The van der Waals surface area contributed by atoms with Gasteiger partial charge in [0.25, 0.3) is 0 Å². The van der Waals surface area contributed by atoms with E-state index in [1.165, 1.54) is 5.56 Å². The summed E-state index contributed by atoms with van der Waals surface area (Å²) in [6, 6.07) is 8.22. The van der Waals surface area contributed by atoms with Gasteiger partial charge in [-0.05, 0) is 30.4 Å². The van der Waals surface area contributed by atoms with E-state index in [2.05, 4.69) is 35.0 Å². The molecule has 1 atom stereocenters. The molecule has 1 aromatic rings. The number of aliphatic hydroxyl groups is 1. The first kappa shape index (κ1) is 10.7. The van der Waals surface area contributed by atoms with Crippen LogP contribution in [-0.2, 0) is 0 Å². The van der Waals surface area contributed by atoms with Crippen LogP contribution >= 0.6 is 15.9 Å². The van der Waals surface area contributed by atoms with Crippen LogP contribution in [0.2, 0.25) is 0 Å². The summed E-state index contributed by atoms with van der Waals surface area (Å²) in [4.78, 5) is 0. The standard InChI is InChI=1S/C11H15BrO/c1-2-9(7-8-13)10-5-3-4-6-11(10)12/h3-6,9,13H,2,7-8H2,1H3. The van der Waals surface area contributed by atoms with Crippen LogP contribution in [0, 0.1) is 0 Å². The number of hydrogen-bond donors (Lipinski definition) is 1. The van der Waals surface area contributed by atoms with E-state index in [1.807, 2.05) is 12.1 Å². The van der Waals surface area contributed by atoms with E-state index in [-0.39, 0.29) is 6.61 Å². The summed E-state index contributed by atoms with van der Waals surface area (Å²) >= 11 is 3.53. The van der Waals surface area contributed by atoms with Crippen molar-refractivity contribution in [3.05, 3.63) is 34.3 Å². The van der Waals surface area contributed by atoms with Crippen molar-refractivity contribution < 1.29 is 5.11 Å². The zero-order chi connectivity index (χ0) is 9.68. The molecule has 1 nitrogen and oxygen atoms in total. The summed E-state index contributed by atoms with van der Waals surface area (Å²) in [6.07, 6.45) is 1.92. The van der Waals surface area contributed by atoms with Crippen molar-refractivity contribution in [1.29, 1.82) is 0 Å². The zero-order valence-corrected chi connectivity index (χ0v) is 9.42. The molecule has 1 aromatic carbocycles. The first-order valence-electron chi connectivity index (χ1n) is 4.64. The summed E-state index contributed by atoms with van der Waals surface area (Å²) in [5, 5.41) is 8.90. The second kappa shape index (κ2) is 5.40. The fourth-order valence-electron chi connectivity index (χ4n) is 1.54. The van der Waals surface area contributed by atoms with E-state index >= 15 is 0 Å². The maximum absolute atomic E-state index is 8.90. The van der Waals surface area contributed by atoms with Gasteiger partial charge in [0.2, 0.25) is 0 Å². The lowest BCUT2D eigenvalue weighted by atomic mass is 9.94. The Bertz CT molecular complexity index is 260. The molecular weight excluding hydrogens is 228 g/mol. The molecule has 72 valence electrons. The van der Waals surface area contributed by atoms with Crippen molar-refractivity contribution >= 4 is 15.9 Å². The lowest BCUT2D eigenvalue weighted by Gasteiger charge is -2.15. The van der Waals surface area contributed by atoms with E-state index in [4.69, 9.17) is 5.11 Å². The Balaban J connectivity index is 2.84. The second-order valence-electron chi connectivity index (χ2n) is 3.14. The molecule has 0 heterocycles. The average molecular weight is 243 g/mol. The fourth-order valence-corrected chi connectivity index (χ4v) is 2.15. The normalized spacial score (nSPS) is 12.8. The Morgan fingerprint density at radius 3 is 2.62 bits per heavy atom. The van der Waals surface area contributed by atoms with Crippen LogP contribution in [0.1, 0.15) is 31.2 Å². The molecule has 0 radical (unpaired) electrons.